The highest BCUT2D eigenvalue weighted by Gasteiger charge is 2.23. The van der Waals surface area contributed by atoms with E-state index in [9.17, 15) is 9.90 Å². The molecule has 0 aliphatic carbocycles. The van der Waals surface area contributed by atoms with Crippen molar-refractivity contribution in [2.45, 2.75) is 19.3 Å². The van der Waals surface area contributed by atoms with Crippen molar-refractivity contribution in [1.82, 2.24) is 4.98 Å². The van der Waals surface area contributed by atoms with Gasteiger partial charge >= 0.3 is 5.97 Å². The summed E-state index contributed by atoms with van der Waals surface area (Å²) in [4.78, 5) is 15.8. The Kier molecular flexibility index (Phi) is 4.94. The van der Waals surface area contributed by atoms with Crippen LogP contribution in [0.4, 0.5) is 0 Å². The van der Waals surface area contributed by atoms with Crippen LogP contribution in [0.25, 0.3) is 0 Å². The van der Waals surface area contributed by atoms with Gasteiger partial charge in [0.05, 0.1) is 5.69 Å². The number of hydrogen-bond donors (Lipinski definition) is 1. The quantitative estimate of drug-likeness (QED) is 0.833. The third kappa shape index (κ3) is 3.67. The van der Waals surface area contributed by atoms with Crippen LogP contribution in [-0.4, -0.2) is 16.1 Å². The Bertz CT molecular complexity index is 644. The van der Waals surface area contributed by atoms with Crippen molar-refractivity contribution in [1.29, 1.82) is 0 Å². The minimum atomic E-state index is -0.858. The maximum atomic E-state index is 11.6. The highest BCUT2D eigenvalue weighted by Crippen LogP contribution is 2.25. The van der Waals surface area contributed by atoms with Crippen molar-refractivity contribution in [3.8, 4) is 0 Å². The number of aryl methyl sites for hydroxylation is 1. The fourth-order valence-corrected chi connectivity index (χ4v) is 3.01. The van der Waals surface area contributed by atoms with E-state index in [-0.39, 0.29) is 0 Å². The molecular weight excluding hydrogens is 386 g/mol. The molecule has 0 amide bonds. The Labute approximate surface area is 134 Å². The second kappa shape index (κ2) is 6.50. The third-order valence-electron chi connectivity index (χ3n) is 3.04. The summed E-state index contributed by atoms with van der Waals surface area (Å²) in [6.07, 6.45) is 2.06. The second-order valence-electron chi connectivity index (χ2n) is 4.58. The van der Waals surface area contributed by atoms with E-state index >= 15 is 0 Å². The molecule has 1 atom stereocenters. The van der Waals surface area contributed by atoms with Gasteiger partial charge in [-0.25, -0.2) is 0 Å². The number of pyridine rings is 1. The summed E-state index contributed by atoms with van der Waals surface area (Å²) >= 11 is 6.74. The average Bonchev–Trinajstić information content (AvgIpc) is 2.36. The number of aromatic nitrogens is 1. The first-order chi connectivity index (χ1) is 9.47. The molecule has 1 unspecified atom stereocenters. The summed E-state index contributed by atoms with van der Waals surface area (Å²) < 4.78 is 1.80. The fraction of sp³-hybridized carbons (Fsp3) is 0.200. The molecule has 1 N–H and O–H groups in total. The van der Waals surface area contributed by atoms with Crippen molar-refractivity contribution in [3.05, 3.63) is 62.3 Å². The van der Waals surface area contributed by atoms with Gasteiger partial charge in [-0.3, -0.25) is 9.78 Å². The summed E-state index contributed by atoms with van der Waals surface area (Å²) in [5.41, 5.74) is 2.46. The molecule has 1 heterocycles. The van der Waals surface area contributed by atoms with Crippen LogP contribution in [0.15, 0.2) is 45.5 Å². The van der Waals surface area contributed by atoms with Gasteiger partial charge in [0.25, 0.3) is 0 Å². The normalized spacial score (nSPS) is 12.2. The molecule has 3 nitrogen and oxygen atoms in total. The summed E-state index contributed by atoms with van der Waals surface area (Å²) in [5.74, 6) is -1.50. The van der Waals surface area contributed by atoms with E-state index < -0.39 is 11.9 Å². The molecular formula is C15H13Br2NO2. The van der Waals surface area contributed by atoms with Crippen LogP contribution in [0, 0.1) is 6.92 Å². The predicted molar refractivity (Wildman–Crippen MR) is 84.9 cm³/mol. The number of rotatable bonds is 4. The van der Waals surface area contributed by atoms with Crippen LogP contribution in [0.3, 0.4) is 0 Å². The Hall–Kier alpha value is -1.20. The third-order valence-corrected chi connectivity index (χ3v) is 3.97. The van der Waals surface area contributed by atoms with E-state index in [0.29, 0.717) is 12.1 Å². The summed E-state index contributed by atoms with van der Waals surface area (Å²) in [7, 11) is 0. The molecule has 0 bridgehead atoms. The zero-order chi connectivity index (χ0) is 14.7. The molecule has 20 heavy (non-hydrogen) atoms. The van der Waals surface area contributed by atoms with E-state index in [0.717, 1.165) is 20.1 Å². The van der Waals surface area contributed by atoms with Crippen LogP contribution in [0.5, 0.6) is 0 Å². The van der Waals surface area contributed by atoms with E-state index in [1.54, 1.807) is 6.20 Å². The lowest BCUT2D eigenvalue weighted by Gasteiger charge is -2.14. The maximum Gasteiger partial charge on any atom is 0.312 e. The number of benzene rings is 1. The van der Waals surface area contributed by atoms with Gasteiger partial charge in [0, 0.05) is 15.1 Å². The number of carboxylic acids is 1. The fourth-order valence-electron chi connectivity index (χ4n) is 2.12. The molecule has 0 aliphatic rings. The van der Waals surface area contributed by atoms with Gasteiger partial charge < -0.3 is 5.11 Å². The molecule has 0 saturated carbocycles. The van der Waals surface area contributed by atoms with E-state index in [1.165, 1.54) is 0 Å². The molecule has 0 aliphatic heterocycles. The Morgan fingerprint density at radius 1 is 1.30 bits per heavy atom. The van der Waals surface area contributed by atoms with Crippen molar-refractivity contribution < 1.29 is 9.90 Å². The Morgan fingerprint density at radius 2 is 2.05 bits per heavy atom. The molecule has 0 radical (unpaired) electrons. The maximum absolute atomic E-state index is 11.6. The van der Waals surface area contributed by atoms with Gasteiger partial charge in [0.15, 0.2) is 0 Å². The van der Waals surface area contributed by atoms with Crippen molar-refractivity contribution >= 4 is 37.8 Å². The number of aliphatic carboxylic acids is 1. The lowest BCUT2D eigenvalue weighted by Crippen LogP contribution is -2.17. The highest BCUT2D eigenvalue weighted by molar-refractivity contribution is 9.10. The predicted octanol–water partition coefficient (Wildman–Crippen LogP) is 4.33. The van der Waals surface area contributed by atoms with Crippen LogP contribution in [-0.2, 0) is 11.2 Å². The van der Waals surface area contributed by atoms with Gasteiger partial charge in [-0.15, -0.1) is 0 Å². The number of hydrogen-bond acceptors (Lipinski definition) is 2. The van der Waals surface area contributed by atoms with E-state index in [2.05, 4.69) is 36.8 Å². The standard InChI is InChI=1S/C15H13Br2NO2/c1-9-5-12(17)8-18-14(9)13(15(19)20)7-10-3-2-4-11(16)6-10/h2-6,8,13H,7H2,1H3,(H,19,20). The van der Waals surface area contributed by atoms with Gasteiger partial charge in [-0.05, 0) is 58.6 Å². The first-order valence-corrected chi connectivity index (χ1v) is 7.65. The van der Waals surface area contributed by atoms with Crippen LogP contribution >= 0.6 is 31.9 Å². The van der Waals surface area contributed by atoms with Gasteiger partial charge in [0.2, 0.25) is 0 Å². The molecule has 5 heteroatoms. The monoisotopic (exact) mass is 397 g/mol. The Balaban J connectivity index is 2.34. The highest BCUT2D eigenvalue weighted by atomic mass is 79.9. The Morgan fingerprint density at radius 3 is 2.65 bits per heavy atom. The topological polar surface area (TPSA) is 50.2 Å². The van der Waals surface area contributed by atoms with Gasteiger partial charge in [0.1, 0.15) is 5.92 Å². The molecule has 2 aromatic rings. The molecule has 0 saturated heterocycles. The van der Waals surface area contributed by atoms with Gasteiger partial charge in [-0.1, -0.05) is 28.1 Å². The van der Waals surface area contributed by atoms with Crippen LogP contribution < -0.4 is 0 Å². The largest absolute Gasteiger partial charge is 0.481 e. The summed E-state index contributed by atoms with van der Waals surface area (Å²) in [6, 6.07) is 9.57. The number of carbonyl (C=O) groups is 1. The molecule has 104 valence electrons. The molecule has 2 rings (SSSR count). The molecule has 1 aromatic carbocycles. The van der Waals surface area contributed by atoms with Gasteiger partial charge in [-0.2, -0.15) is 0 Å². The van der Waals surface area contributed by atoms with Crippen molar-refractivity contribution in [3.63, 3.8) is 0 Å². The summed E-state index contributed by atoms with van der Waals surface area (Å²) in [5, 5.41) is 9.49. The van der Waals surface area contributed by atoms with E-state index in [4.69, 9.17) is 0 Å². The van der Waals surface area contributed by atoms with Crippen molar-refractivity contribution in [2.75, 3.05) is 0 Å². The summed E-state index contributed by atoms with van der Waals surface area (Å²) in [6.45, 7) is 1.88. The molecule has 0 spiro atoms. The molecule has 1 aromatic heterocycles. The van der Waals surface area contributed by atoms with Crippen LogP contribution in [0.2, 0.25) is 0 Å². The second-order valence-corrected chi connectivity index (χ2v) is 6.41. The first-order valence-electron chi connectivity index (χ1n) is 6.06. The number of nitrogens with zero attached hydrogens (tertiary/aromatic N) is 1. The molecule has 0 fully saturated rings. The number of halogens is 2. The van der Waals surface area contributed by atoms with E-state index in [1.807, 2.05) is 37.3 Å². The zero-order valence-corrected chi connectivity index (χ0v) is 14.0. The first kappa shape index (κ1) is 15.2. The average molecular weight is 399 g/mol. The lowest BCUT2D eigenvalue weighted by atomic mass is 9.93. The van der Waals surface area contributed by atoms with Crippen LogP contribution in [0.1, 0.15) is 22.7 Å². The lowest BCUT2D eigenvalue weighted by molar-refractivity contribution is -0.138. The minimum absolute atomic E-state index is 0.421. The minimum Gasteiger partial charge on any atom is -0.481 e. The van der Waals surface area contributed by atoms with Crippen molar-refractivity contribution in [2.24, 2.45) is 0 Å². The number of carboxylic acid groups (broad SMARTS) is 1. The SMILES string of the molecule is Cc1cc(Br)cnc1C(Cc1cccc(Br)c1)C(=O)O. The smallest absolute Gasteiger partial charge is 0.312 e. The zero-order valence-electron chi connectivity index (χ0n) is 10.8.